The molecule has 0 bridgehead atoms. The SMILES string of the molecule is C=CCNC(=S)OCC=C. The van der Waals surface area contributed by atoms with Gasteiger partial charge in [-0.15, -0.1) is 6.58 Å². The first-order valence-corrected chi connectivity index (χ1v) is 3.34. The van der Waals surface area contributed by atoms with Crippen molar-refractivity contribution in [1.82, 2.24) is 5.32 Å². The van der Waals surface area contributed by atoms with Gasteiger partial charge in [0.2, 0.25) is 0 Å². The molecule has 0 aliphatic rings. The Morgan fingerprint density at radius 3 is 2.70 bits per heavy atom. The van der Waals surface area contributed by atoms with E-state index in [9.17, 15) is 0 Å². The van der Waals surface area contributed by atoms with Gasteiger partial charge in [0.05, 0.1) is 0 Å². The average Bonchev–Trinajstić information content (AvgIpc) is 1.97. The molecule has 10 heavy (non-hydrogen) atoms. The van der Waals surface area contributed by atoms with Crippen LogP contribution in [-0.4, -0.2) is 18.3 Å². The minimum Gasteiger partial charge on any atom is -0.467 e. The maximum atomic E-state index is 4.95. The number of nitrogens with one attached hydrogen (secondary N) is 1. The van der Waals surface area contributed by atoms with Gasteiger partial charge < -0.3 is 10.1 Å². The molecule has 0 aromatic carbocycles. The lowest BCUT2D eigenvalue weighted by atomic mass is 10.6. The maximum absolute atomic E-state index is 4.95. The fraction of sp³-hybridized carbons (Fsp3) is 0.286. The van der Waals surface area contributed by atoms with Gasteiger partial charge in [0.1, 0.15) is 6.61 Å². The Hall–Kier alpha value is -0.830. The smallest absolute Gasteiger partial charge is 0.257 e. The molecule has 0 fully saturated rings. The van der Waals surface area contributed by atoms with Gasteiger partial charge in [-0.25, -0.2) is 0 Å². The molecular formula is C7H11NOS. The first kappa shape index (κ1) is 9.17. The number of thiocarbonyl (C=S) groups is 1. The molecule has 0 radical (unpaired) electrons. The first-order valence-electron chi connectivity index (χ1n) is 2.93. The lowest BCUT2D eigenvalue weighted by Crippen LogP contribution is -2.23. The fourth-order valence-electron chi connectivity index (χ4n) is 0.341. The fourth-order valence-corrected chi connectivity index (χ4v) is 0.493. The van der Waals surface area contributed by atoms with E-state index in [1.165, 1.54) is 0 Å². The molecule has 0 aliphatic heterocycles. The lowest BCUT2D eigenvalue weighted by Gasteiger charge is -2.04. The summed E-state index contributed by atoms with van der Waals surface area (Å²) in [6.07, 6.45) is 3.35. The van der Waals surface area contributed by atoms with Crippen LogP contribution in [0.2, 0.25) is 0 Å². The minimum atomic E-state index is 0.389. The minimum absolute atomic E-state index is 0.389. The molecule has 0 unspecified atom stereocenters. The van der Waals surface area contributed by atoms with Crippen LogP contribution >= 0.6 is 12.2 Å². The van der Waals surface area contributed by atoms with Gasteiger partial charge in [-0.2, -0.15) is 0 Å². The van der Waals surface area contributed by atoms with Gasteiger partial charge in [0, 0.05) is 6.54 Å². The van der Waals surface area contributed by atoms with E-state index in [1.807, 2.05) is 0 Å². The largest absolute Gasteiger partial charge is 0.467 e. The molecule has 0 rings (SSSR count). The van der Waals surface area contributed by atoms with Crippen molar-refractivity contribution in [2.75, 3.05) is 13.2 Å². The summed E-state index contributed by atoms with van der Waals surface area (Å²) >= 11 is 4.76. The molecule has 0 spiro atoms. The van der Waals surface area contributed by atoms with Crippen molar-refractivity contribution in [3.8, 4) is 0 Å². The molecule has 0 aliphatic carbocycles. The highest BCUT2D eigenvalue weighted by atomic mass is 32.1. The monoisotopic (exact) mass is 157 g/mol. The molecule has 3 heteroatoms. The number of hydrogen-bond donors (Lipinski definition) is 1. The molecule has 0 heterocycles. The molecule has 56 valence electrons. The van der Waals surface area contributed by atoms with Crippen molar-refractivity contribution in [3.63, 3.8) is 0 Å². The topological polar surface area (TPSA) is 21.3 Å². The van der Waals surface area contributed by atoms with Crippen LogP contribution in [0.3, 0.4) is 0 Å². The zero-order chi connectivity index (χ0) is 7.82. The summed E-state index contributed by atoms with van der Waals surface area (Å²) in [5.74, 6) is 0. The average molecular weight is 157 g/mol. The molecule has 0 saturated carbocycles. The van der Waals surface area contributed by atoms with Crippen LogP contribution in [0.1, 0.15) is 0 Å². The first-order chi connectivity index (χ1) is 4.81. The van der Waals surface area contributed by atoms with Gasteiger partial charge in [0.15, 0.2) is 0 Å². The Morgan fingerprint density at radius 2 is 2.20 bits per heavy atom. The molecule has 0 saturated heterocycles. The standard InChI is InChI=1S/C7H11NOS/c1-3-5-8-7(10)9-6-4-2/h3-4H,1-2,5-6H2,(H,8,10). The normalized spacial score (nSPS) is 8.00. The Kier molecular flexibility index (Phi) is 5.77. The maximum Gasteiger partial charge on any atom is 0.257 e. The Bertz CT molecular complexity index is 120. The van der Waals surface area contributed by atoms with Crippen molar-refractivity contribution in [2.24, 2.45) is 0 Å². The molecular weight excluding hydrogens is 146 g/mol. The van der Waals surface area contributed by atoms with E-state index < -0.39 is 0 Å². The van der Waals surface area contributed by atoms with Crippen LogP contribution in [0, 0.1) is 0 Å². The van der Waals surface area contributed by atoms with Gasteiger partial charge in [-0.1, -0.05) is 18.7 Å². The number of ether oxygens (including phenoxy) is 1. The van der Waals surface area contributed by atoms with Crippen LogP contribution in [-0.2, 0) is 4.74 Å². The van der Waals surface area contributed by atoms with Gasteiger partial charge in [-0.05, 0) is 12.2 Å². The van der Waals surface area contributed by atoms with Gasteiger partial charge in [-0.3, -0.25) is 0 Å². The highest BCUT2D eigenvalue weighted by Crippen LogP contribution is 1.77. The Morgan fingerprint density at radius 1 is 1.50 bits per heavy atom. The van der Waals surface area contributed by atoms with Crippen molar-refractivity contribution >= 4 is 17.4 Å². The zero-order valence-corrected chi connectivity index (χ0v) is 6.62. The van der Waals surface area contributed by atoms with Crippen molar-refractivity contribution in [1.29, 1.82) is 0 Å². The van der Waals surface area contributed by atoms with Crippen LogP contribution < -0.4 is 5.32 Å². The molecule has 2 nitrogen and oxygen atoms in total. The van der Waals surface area contributed by atoms with Gasteiger partial charge in [0.25, 0.3) is 5.17 Å². The summed E-state index contributed by atoms with van der Waals surface area (Å²) in [6.45, 7) is 8.08. The van der Waals surface area contributed by atoms with Crippen molar-refractivity contribution in [3.05, 3.63) is 25.3 Å². The second kappa shape index (κ2) is 6.29. The van der Waals surface area contributed by atoms with E-state index in [2.05, 4.69) is 18.5 Å². The second-order valence-electron chi connectivity index (χ2n) is 1.56. The Labute approximate surface area is 66.6 Å². The molecule has 0 amide bonds. The van der Waals surface area contributed by atoms with Crippen LogP contribution in [0.25, 0.3) is 0 Å². The summed E-state index contributed by atoms with van der Waals surface area (Å²) in [6, 6.07) is 0. The third-order valence-corrected chi connectivity index (χ3v) is 0.985. The molecule has 0 aromatic rings. The summed E-state index contributed by atoms with van der Waals surface area (Å²) in [5.41, 5.74) is 0. The molecule has 1 N–H and O–H groups in total. The second-order valence-corrected chi connectivity index (χ2v) is 1.93. The predicted octanol–water partition coefficient (Wildman–Crippen LogP) is 1.25. The lowest BCUT2D eigenvalue weighted by molar-refractivity contribution is 0.344. The van der Waals surface area contributed by atoms with Crippen molar-refractivity contribution < 1.29 is 4.74 Å². The Balaban J connectivity index is 3.24. The van der Waals surface area contributed by atoms with E-state index >= 15 is 0 Å². The summed E-state index contributed by atoms with van der Waals surface area (Å²) in [7, 11) is 0. The van der Waals surface area contributed by atoms with Crippen LogP contribution in [0.5, 0.6) is 0 Å². The summed E-state index contributed by atoms with van der Waals surface area (Å²) in [4.78, 5) is 0. The van der Waals surface area contributed by atoms with Gasteiger partial charge >= 0.3 is 0 Å². The third kappa shape index (κ3) is 5.31. The molecule has 0 atom stereocenters. The summed E-state index contributed by atoms with van der Waals surface area (Å²) in [5, 5.41) is 3.20. The predicted molar refractivity (Wildman–Crippen MR) is 46.9 cm³/mol. The summed E-state index contributed by atoms with van der Waals surface area (Å²) < 4.78 is 4.95. The van der Waals surface area contributed by atoms with E-state index in [0.29, 0.717) is 18.3 Å². The number of hydrogen-bond acceptors (Lipinski definition) is 2. The van der Waals surface area contributed by atoms with E-state index in [0.717, 1.165) is 0 Å². The quantitative estimate of drug-likeness (QED) is 0.490. The number of rotatable bonds is 4. The third-order valence-electron chi connectivity index (χ3n) is 0.723. The molecule has 0 aromatic heterocycles. The van der Waals surface area contributed by atoms with E-state index in [1.54, 1.807) is 12.2 Å². The van der Waals surface area contributed by atoms with Crippen LogP contribution in [0.4, 0.5) is 0 Å². The van der Waals surface area contributed by atoms with E-state index in [4.69, 9.17) is 17.0 Å². The van der Waals surface area contributed by atoms with Crippen LogP contribution in [0.15, 0.2) is 25.3 Å². The zero-order valence-electron chi connectivity index (χ0n) is 5.80. The highest BCUT2D eigenvalue weighted by molar-refractivity contribution is 7.80. The highest BCUT2D eigenvalue weighted by Gasteiger charge is 1.89. The van der Waals surface area contributed by atoms with Crippen molar-refractivity contribution in [2.45, 2.75) is 0 Å². The van der Waals surface area contributed by atoms with E-state index in [-0.39, 0.29) is 0 Å².